The first-order valence-electron chi connectivity index (χ1n) is 11.0. The molecule has 1 N–H and O–H groups in total. The number of hydrogen-bond donors (Lipinski definition) is 1. The second kappa shape index (κ2) is 10.0. The van der Waals surface area contributed by atoms with Crippen LogP contribution in [-0.2, 0) is 25.5 Å². The van der Waals surface area contributed by atoms with E-state index >= 15 is 0 Å². The number of esters is 1. The standard InChI is InChI=1S/C25H28N2O6/c1-27-20-10-9-18(14-24(29)31-2)33-22(20)15-32-21-11-8-17(13-19(21)25(27)30)26-23(28)12-16-6-4-3-5-7-16/h3-8,11,13,18,20,22H,9-10,12,14-15H2,1-2H3,(H,26,28)/t18-,20+,22+/m0/s1. The second-order valence-electron chi connectivity index (χ2n) is 8.37. The summed E-state index contributed by atoms with van der Waals surface area (Å²) < 4.78 is 16.8. The van der Waals surface area contributed by atoms with Gasteiger partial charge < -0.3 is 24.4 Å². The lowest BCUT2D eigenvalue weighted by Crippen LogP contribution is -2.53. The van der Waals surface area contributed by atoms with Crippen LogP contribution in [0, 0.1) is 0 Å². The fourth-order valence-electron chi connectivity index (χ4n) is 4.36. The minimum atomic E-state index is -0.347. The van der Waals surface area contributed by atoms with Gasteiger partial charge in [0, 0.05) is 12.7 Å². The van der Waals surface area contributed by atoms with Gasteiger partial charge in [0.2, 0.25) is 5.91 Å². The number of hydrogen-bond acceptors (Lipinski definition) is 6. The highest BCUT2D eigenvalue weighted by Gasteiger charge is 2.39. The molecule has 0 unspecified atom stereocenters. The van der Waals surface area contributed by atoms with E-state index in [-0.39, 0.29) is 55.5 Å². The molecule has 1 fully saturated rings. The summed E-state index contributed by atoms with van der Waals surface area (Å²) in [6.07, 6.45) is 1.17. The number of nitrogens with zero attached hydrogens (tertiary/aromatic N) is 1. The fourth-order valence-corrected chi connectivity index (χ4v) is 4.36. The van der Waals surface area contributed by atoms with Gasteiger partial charge in [-0.15, -0.1) is 0 Å². The Labute approximate surface area is 192 Å². The van der Waals surface area contributed by atoms with E-state index in [9.17, 15) is 14.4 Å². The van der Waals surface area contributed by atoms with Crippen molar-refractivity contribution >= 4 is 23.5 Å². The summed E-state index contributed by atoms with van der Waals surface area (Å²) in [5.41, 5.74) is 1.84. The quantitative estimate of drug-likeness (QED) is 0.701. The van der Waals surface area contributed by atoms with Crippen LogP contribution in [0.25, 0.3) is 0 Å². The van der Waals surface area contributed by atoms with E-state index in [1.807, 2.05) is 30.3 Å². The SMILES string of the molecule is COC(=O)C[C@@H]1CC[C@@H]2[C@@H](COc3ccc(NC(=O)Cc4ccccc4)cc3C(=O)N2C)O1. The van der Waals surface area contributed by atoms with Gasteiger partial charge in [-0.1, -0.05) is 30.3 Å². The van der Waals surface area contributed by atoms with E-state index in [1.165, 1.54) is 7.11 Å². The summed E-state index contributed by atoms with van der Waals surface area (Å²) >= 11 is 0. The van der Waals surface area contributed by atoms with E-state index in [4.69, 9.17) is 14.2 Å². The highest BCUT2D eigenvalue weighted by molar-refractivity contribution is 6.00. The van der Waals surface area contributed by atoms with Crippen molar-refractivity contribution in [2.45, 2.75) is 43.9 Å². The van der Waals surface area contributed by atoms with Gasteiger partial charge in [0.25, 0.3) is 5.91 Å². The van der Waals surface area contributed by atoms with Gasteiger partial charge in [-0.25, -0.2) is 0 Å². The summed E-state index contributed by atoms with van der Waals surface area (Å²) in [7, 11) is 3.11. The lowest BCUT2D eigenvalue weighted by molar-refractivity contribution is -0.151. The summed E-state index contributed by atoms with van der Waals surface area (Å²) in [6.45, 7) is 0.257. The maximum absolute atomic E-state index is 13.3. The van der Waals surface area contributed by atoms with Crippen LogP contribution >= 0.6 is 0 Å². The van der Waals surface area contributed by atoms with Crippen LogP contribution in [-0.4, -0.2) is 61.7 Å². The first kappa shape index (κ1) is 22.8. The van der Waals surface area contributed by atoms with Crippen LogP contribution in [0.15, 0.2) is 48.5 Å². The average molecular weight is 453 g/mol. The largest absolute Gasteiger partial charge is 0.490 e. The molecule has 0 radical (unpaired) electrons. The van der Waals surface area contributed by atoms with Crippen LogP contribution in [0.1, 0.15) is 35.2 Å². The molecule has 2 heterocycles. The molecule has 8 heteroatoms. The van der Waals surface area contributed by atoms with Crippen molar-refractivity contribution in [3.8, 4) is 5.75 Å². The fraction of sp³-hybridized carbons (Fsp3) is 0.400. The van der Waals surface area contributed by atoms with Crippen molar-refractivity contribution < 1.29 is 28.6 Å². The number of carbonyl (C=O) groups excluding carboxylic acids is 3. The van der Waals surface area contributed by atoms with E-state index in [1.54, 1.807) is 30.1 Å². The number of nitrogens with one attached hydrogen (secondary N) is 1. The number of methoxy groups -OCH3 is 1. The smallest absolute Gasteiger partial charge is 0.308 e. The number of anilines is 1. The summed E-state index contributed by atoms with van der Waals surface area (Å²) in [5.74, 6) is -0.244. The van der Waals surface area contributed by atoms with Gasteiger partial charge in [-0.2, -0.15) is 0 Å². The van der Waals surface area contributed by atoms with Gasteiger partial charge in [-0.05, 0) is 36.6 Å². The Balaban J connectivity index is 1.47. The van der Waals surface area contributed by atoms with Crippen molar-refractivity contribution in [3.63, 3.8) is 0 Å². The molecule has 3 atom stereocenters. The highest BCUT2D eigenvalue weighted by atomic mass is 16.5. The van der Waals surface area contributed by atoms with Crippen molar-refractivity contribution in [1.82, 2.24) is 4.90 Å². The topological polar surface area (TPSA) is 94.2 Å². The second-order valence-corrected chi connectivity index (χ2v) is 8.37. The molecule has 33 heavy (non-hydrogen) atoms. The maximum atomic E-state index is 13.3. The third-order valence-electron chi connectivity index (χ3n) is 6.12. The number of ether oxygens (including phenoxy) is 3. The number of benzene rings is 2. The van der Waals surface area contributed by atoms with Crippen molar-refractivity contribution in [3.05, 3.63) is 59.7 Å². The molecule has 2 aliphatic rings. The number of rotatable bonds is 5. The molecule has 8 nitrogen and oxygen atoms in total. The molecule has 4 rings (SSSR count). The molecule has 0 spiro atoms. The molecule has 1 saturated heterocycles. The Kier molecular flexibility index (Phi) is 6.93. The van der Waals surface area contributed by atoms with Crippen LogP contribution in [0.3, 0.4) is 0 Å². The zero-order valence-corrected chi connectivity index (χ0v) is 18.8. The molecule has 0 bridgehead atoms. The molecular weight excluding hydrogens is 424 g/mol. The molecule has 0 aliphatic carbocycles. The lowest BCUT2D eigenvalue weighted by Gasteiger charge is -2.42. The number of carbonyl (C=O) groups is 3. The van der Waals surface area contributed by atoms with Crippen LogP contribution in [0.4, 0.5) is 5.69 Å². The highest BCUT2D eigenvalue weighted by Crippen LogP contribution is 2.32. The van der Waals surface area contributed by atoms with Crippen molar-refractivity contribution in [1.29, 1.82) is 0 Å². The third kappa shape index (κ3) is 5.34. The average Bonchev–Trinajstić information content (AvgIpc) is 2.82. The Morgan fingerprint density at radius 2 is 1.94 bits per heavy atom. The first-order valence-corrected chi connectivity index (χ1v) is 11.0. The first-order chi connectivity index (χ1) is 15.9. The normalized spacial score (nSPS) is 22.2. The molecule has 0 saturated carbocycles. The Morgan fingerprint density at radius 1 is 1.15 bits per heavy atom. The molecule has 2 aromatic carbocycles. The van der Waals surface area contributed by atoms with Crippen LogP contribution < -0.4 is 10.1 Å². The Bertz CT molecular complexity index is 1020. The van der Waals surface area contributed by atoms with Gasteiger partial charge in [0.05, 0.1) is 37.7 Å². The number of fused-ring (bicyclic) bond motifs is 2. The number of amides is 2. The summed E-state index contributed by atoms with van der Waals surface area (Å²) in [4.78, 5) is 39.0. The van der Waals surface area contributed by atoms with Crippen molar-refractivity contribution in [2.24, 2.45) is 0 Å². The predicted octanol–water partition coefficient (Wildman–Crippen LogP) is 2.81. The van der Waals surface area contributed by atoms with Crippen LogP contribution in [0.2, 0.25) is 0 Å². The molecule has 0 aromatic heterocycles. The van der Waals surface area contributed by atoms with E-state index in [2.05, 4.69) is 5.32 Å². The summed E-state index contributed by atoms with van der Waals surface area (Å²) in [6, 6.07) is 14.4. The minimum absolute atomic E-state index is 0.161. The molecule has 174 valence electrons. The summed E-state index contributed by atoms with van der Waals surface area (Å²) in [5, 5.41) is 2.86. The maximum Gasteiger partial charge on any atom is 0.308 e. The minimum Gasteiger partial charge on any atom is -0.490 e. The Morgan fingerprint density at radius 3 is 2.70 bits per heavy atom. The van der Waals surface area contributed by atoms with E-state index in [0.29, 0.717) is 29.8 Å². The monoisotopic (exact) mass is 452 g/mol. The van der Waals surface area contributed by atoms with Crippen molar-refractivity contribution in [2.75, 3.05) is 26.1 Å². The number of likely N-dealkylation sites (N-methyl/N-ethyl adjacent to an activating group) is 1. The van der Waals surface area contributed by atoms with Gasteiger partial charge in [0.1, 0.15) is 18.5 Å². The lowest BCUT2D eigenvalue weighted by atomic mass is 9.94. The molecule has 2 amide bonds. The van der Waals surface area contributed by atoms with E-state index < -0.39 is 0 Å². The third-order valence-corrected chi connectivity index (χ3v) is 6.12. The zero-order valence-electron chi connectivity index (χ0n) is 18.8. The van der Waals surface area contributed by atoms with Gasteiger partial charge in [0.15, 0.2) is 0 Å². The predicted molar refractivity (Wildman–Crippen MR) is 121 cm³/mol. The molecule has 2 aromatic rings. The van der Waals surface area contributed by atoms with E-state index in [0.717, 1.165) is 5.56 Å². The molecule has 2 aliphatic heterocycles. The van der Waals surface area contributed by atoms with Gasteiger partial charge >= 0.3 is 5.97 Å². The van der Waals surface area contributed by atoms with Gasteiger partial charge in [-0.3, -0.25) is 14.4 Å². The zero-order chi connectivity index (χ0) is 23.4. The Hall–Kier alpha value is -3.39. The van der Waals surface area contributed by atoms with Crippen LogP contribution in [0.5, 0.6) is 5.75 Å². The molecular formula is C25H28N2O6.